The van der Waals surface area contributed by atoms with Gasteiger partial charge in [-0.2, -0.15) is 0 Å². The second-order valence-corrected chi connectivity index (χ2v) is 14.1. The van der Waals surface area contributed by atoms with E-state index in [0.717, 1.165) is 68.2 Å². The van der Waals surface area contributed by atoms with Crippen LogP contribution in [0.2, 0.25) is 0 Å². The fourth-order valence-electron chi connectivity index (χ4n) is 8.25. The van der Waals surface area contributed by atoms with Crippen LogP contribution in [-0.4, -0.2) is 46.1 Å². The minimum atomic E-state index is -0.653. The maximum absolute atomic E-state index is 14.2. The number of hydrogen-bond acceptors (Lipinski definition) is 4. The van der Waals surface area contributed by atoms with Crippen molar-refractivity contribution >= 4 is 23.0 Å². The molecule has 4 atom stereocenters. The SMILES string of the molecule is COC(=O)NC(C(=O)N1C(c2nc3ccc(-c4cc5ccc4CCc4ccc(c(C)c4)CC5)cc3[nH]2)CC2CCCCC21)C(C)C. The molecule has 3 aromatic carbocycles. The van der Waals surface area contributed by atoms with Gasteiger partial charge in [-0.05, 0) is 115 Å². The average Bonchev–Trinajstić information content (AvgIpc) is 3.66. The van der Waals surface area contributed by atoms with E-state index in [1.54, 1.807) is 0 Å². The molecule has 7 heteroatoms. The van der Waals surface area contributed by atoms with Crippen molar-refractivity contribution in [3.05, 3.63) is 88.2 Å². The Morgan fingerprint density at radius 3 is 2.43 bits per heavy atom. The Hall–Kier alpha value is -4.13. The molecule has 2 fully saturated rings. The zero-order valence-corrected chi connectivity index (χ0v) is 27.6. The van der Waals surface area contributed by atoms with Gasteiger partial charge in [0.1, 0.15) is 11.9 Å². The number of H-pyrrole nitrogens is 1. The molecule has 1 aliphatic heterocycles. The molecule has 0 spiro atoms. The molecule has 1 saturated heterocycles. The number of alkyl carbamates (subject to hydrolysis) is 1. The molecule has 4 unspecified atom stereocenters. The quantitative estimate of drug-likeness (QED) is 0.241. The van der Waals surface area contributed by atoms with Crippen molar-refractivity contribution < 1.29 is 14.3 Å². The smallest absolute Gasteiger partial charge is 0.407 e. The summed E-state index contributed by atoms with van der Waals surface area (Å²) < 4.78 is 4.88. The van der Waals surface area contributed by atoms with Gasteiger partial charge in [-0.1, -0.05) is 69.2 Å². The van der Waals surface area contributed by atoms with Gasteiger partial charge in [0.05, 0.1) is 24.2 Å². The van der Waals surface area contributed by atoms with Crippen LogP contribution >= 0.6 is 0 Å². The number of aromatic amines is 1. The number of aryl methyl sites for hydroxylation is 5. The molecule has 2 N–H and O–H groups in total. The van der Waals surface area contributed by atoms with Crippen LogP contribution in [-0.2, 0) is 35.2 Å². The number of hydrogen-bond donors (Lipinski definition) is 2. The number of ether oxygens (including phenoxy) is 1. The van der Waals surface area contributed by atoms with Gasteiger partial charge < -0.3 is 19.9 Å². The summed E-state index contributed by atoms with van der Waals surface area (Å²) in [6.07, 6.45) is 8.78. The highest BCUT2D eigenvalue weighted by Gasteiger charge is 2.48. The molecule has 7 nitrogen and oxygen atoms in total. The second kappa shape index (κ2) is 12.6. The summed E-state index contributed by atoms with van der Waals surface area (Å²) in [4.78, 5) is 37.3. The number of nitrogens with one attached hydrogen (secondary N) is 2. The molecule has 1 saturated carbocycles. The minimum absolute atomic E-state index is 0.0415. The summed E-state index contributed by atoms with van der Waals surface area (Å²) in [6, 6.07) is 19.9. The molecular weight excluding hydrogens is 572 g/mol. The number of likely N-dealkylation sites (tertiary alicyclic amines) is 1. The van der Waals surface area contributed by atoms with Crippen molar-refractivity contribution in [1.29, 1.82) is 0 Å². The van der Waals surface area contributed by atoms with Gasteiger partial charge in [-0.25, -0.2) is 9.78 Å². The molecule has 4 aromatic rings. The predicted molar refractivity (Wildman–Crippen MR) is 182 cm³/mol. The van der Waals surface area contributed by atoms with E-state index in [1.807, 2.05) is 13.8 Å². The largest absolute Gasteiger partial charge is 0.453 e. The summed E-state index contributed by atoms with van der Waals surface area (Å²) in [5.41, 5.74) is 11.3. The van der Waals surface area contributed by atoms with Gasteiger partial charge in [-0.3, -0.25) is 4.79 Å². The molecule has 240 valence electrons. The van der Waals surface area contributed by atoms with E-state index in [0.29, 0.717) is 5.92 Å². The average molecular weight is 619 g/mol. The normalized spacial score (nSPS) is 21.6. The Balaban J connectivity index is 1.22. The Labute approximate surface area is 272 Å². The summed E-state index contributed by atoms with van der Waals surface area (Å²) >= 11 is 0. The summed E-state index contributed by atoms with van der Waals surface area (Å²) in [7, 11) is 1.34. The van der Waals surface area contributed by atoms with Crippen molar-refractivity contribution in [1.82, 2.24) is 20.2 Å². The molecular formula is C39H46N4O3. The first-order chi connectivity index (χ1) is 22.3. The van der Waals surface area contributed by atoms with Crippen molar-refractivity contribution in [2.75, 3.05) is 7.11 Å². The van der Waals surface area contributed by atoms with Crippen molar-refractivity contribution in [3.63, 3.8) is 0 Å². The molecule has 1 aromatic heterocycles. The molecule has 4 bridgehead atoms. The van der Waals surface area contributed by atoms with E-state index in [1.165, 1.54) is 52.5 Å². The first-order valence-corrected chi connectivity index (χ1v) is 17.2. The zero-order chi connectivity index (χ0) is 31.9. The zero-order valence-electron chi connectivity index (χ0n) is 27.6. The van der Waals surface area contributed by atoms with Crippen LogP contribution in [0.15, 0.2) is 54.6 Å². The Morgan fingerprint density at radius 1 is 0.935 bits per heavy atom. The van der Waals surface area contributed by atoms with E-state index in [9.17, 15) is 9.59 Å². The van der Waals surface area contributed by atoms with Crippen LogP contribution in [0.4, 0.5) is 4.79 Å². The van der Waals surface area contributed by atoms with Crippen LogP contribution in [0, 0.1) is 18.8 Å². The fourth-order valence-corrected chi connectivity index (χ4v) is 8.25. The van der Waals surface area contributed by atoms with E-state index < -0.39 is 12.1 Å². The number of nitrogens with zero attached hydrogens (tertiary/aromatic N) is 2. The van der Waals surface area contributed by atoms with Crippen molar-refractivity contribution in [2.24, 2.45) is 11.8 Å². The molecule has 5 aliphatic carbocycles. The first-order valence-electron chi connectivity index (χ1n) is 17.2. The Kier molecular flexibility index (Phi) is 8.35. The van der Waals surface area contributed by atoms with Gasteiger partial charge in [-0.15, -0.1) is 0 Å². The van der Waals surface area contributed by atoms with E-state index >= 15 is 0 Å². The van der Waals surface area contributed by atoms with Crippen molar-refractivity contribution in [3.8, 4) is 11.1 Å². The Bertz CT molecular complexity index is 1770. The van der Waals surface area contributed by atoms with Crippen LogP contribution in [0.1, 0.15) is 85.6 Å². The van der Waals surface area contributed by atoms with Crippen LogP contribution in [0.25, 0.3) is 22.2 Å². The maximum Gasteiger partial charge on any atom is 0.407 e. The topological polar surface area (TPSA) is 87.3 Å². The van der Waals surface area contributed by atoms with E-state index in [4.69, 9.17) is 9.72 Å². The summed E-state index contributed by atoms with van der Waals surface area (Å²) in [6.45, 7) is 6.18. The third-order valence-electron chi connectivity index (χ3n) is 10.8. The molecule has 46 heavy (non-hydrogen) atoms. The van der Waals surface area contributed by atoms with Gasteiger partial charge in [0.25, 0.3) is 0 Å². The number of imidazole rings is 1. The number of methoxy groups -OCH3 is 1. The lowest BCUT2D eigenvalue weighted by molar-refractivity contribution is -0.138. The number of fused-ring (bicyclic) bond motifs is 2. The van der Waals surface area contributed by atoms with Gasteiger partial charge in [0.15, 0.2) is 0 Å². The third kappa shape index (κ3) is 5.80. The van der Waals surface area contributed by atoms with Gasteiger partial charge in [0, 0.05) is 6.04 Å². The molecule has 0 radical (unpaired) electrons. The lowest BCUT2D eigenvalue weighted by Crippen LogP contribution is -2.53. The van der Waals surface area contributed by atoms with Gasteiger partial charge >= 0.3 is 6.09 Å². The predicted octanol–water partition coefficient (Wildman–Crippen LogP) is 7.63. The fraction of sp³-hybridized carbons (Fsp3) is 0.462. The molecule has 2 amide bonds. The van der Waals surface area contributed by atoms with Crippen molar-refractivity contribution in [2.45, 2.75) is 96.7 Å². The number of rotatable bonds is 5. The number of benzene rings is 3. The standard InChI is InChI=1S/C39H46N4O3/c1-23(2)36(42-39(45)46-4)38(44)43-34-8-6-5-7-30(34)22-35(43)37-40-32-18-17-29(21-33(32)41-37)31-20-26-10-14-27-13-9-25(19-24(27)3)11-15-28(31)16-12-26/h9,12-13,16-21,23,30,34-36H,5-8,10-11,14-15,22H2,1-4H3,(H,40,41)(H,42,45). The summed E-state index contributed by atoms with van der Waals surface area (Å²) in [5.74, 6) is 1.16. The molecule has 10 rings (SSSR count). The number of amides is 2. The molecule has 2 heterocycles. The highest BCUT2D eigenvalue weighted by molar-refractivity contribution is 5.87. The highest BCUT2D eigenvalue weighted by atomic mass is 16.5. The maximum atomic E-state index is 14.2. The van der Waals surface area contributed by atoms with E-state index in [2.05, 4.69) is 76.7 Å². The number of aromatic nitrogens is 2. The van der Waals surface area contributed by atoms with E-state index in [-0.39, 0.29) is 23.9 Å². The number of carbonyl (C=O) groups excluding carboxylic acids is 2. The third-order valence-corrected chi connectivity index (χ3v) is 10.8. The highest BCUT2D eigenvalue weighted by Crippen LogP contribution is 2.46. The monoisotopic (exact) mass is 618 g/mol. The van der Waals surface area contributed by atoms with Crippen LogP contribution in [0.3, 0.4) is 0 Å². The first kappa shape index (κ1) is 30.5. The van der Waals surface area contributed by atoms with Gasteiger partial charge in [0.2, 0.25) is 5.91 Å². The Morgan fingerprint density at radius 2 is 1.67 bits per heavy atom. The molecule has 6 aliphatic rings. The van der Waals surface area contributed by atoms with Crippen LogP contribution < -0.4 is 5.32 Å². The minimum Gasteiger partial charge on any atom is -0.453 e. The number of carbonyl (C=O) groups is 2. The summed E-state index contributed by atoms with van der Waals surface area (Å²) in [5, 5.41) is 2.82. The lowest BCUT2D eigenvalue weighted by Gasteiger charge is -2.36. The lowest BCUT2D eigenvalue weighted by atomic mass is 9.84. The van der Waals surface area contributed by atoms with Crippen LogP contribution in [0.5, 0.6) is 0 Å². The second-order valence-electron chi connectivity index (χ2n) is 14.1.